The molecule has 0 fully saturated rings. The Morgan fingerprint density at radius 2 is 2.31 bits per heavy atom. The van der Waals surface area contributed by atoms with Gasteiger partial charge in [0.15, 0.2) is 0 Å². The molecular weight excluding hydrogens is 202 g/mol. The lowest BCUT2D eigenvalue weighted by Crippen LogP contribution is -2.25. The van der Waals surface area contributed by atoms with Crippen molar-refractivity contribution in [3.8, 4) is 0 Å². The van der Waals surface area contributed by atoms with Gasteiger partial charge >= 0.3 is 0 Å². The summed E-state index contributed by atoms with van der Waals surface area (Å²) in [6, 6.07) is 0.188. The normalized spacial score (nSPS) is 12.9. The van der Waals surface area contributed by atoms with Crippen molar-refractivity contribution in [2.75, 3.05) is 13.2 Å². The Morgan fingerprint density at radius 1 is 1.50 bits per heavy atom. The maximum Gasteiger partial charge on any atom is 0.110 e. The van der Waals surface area contributed by atoms with Gasteiger partial charge in [-0.25, -0.2) is 4.98 Å². The van der Waals surface area contributed by atoms with Crippen molar-refractivity contribution in [1.82, 2.24) is 9.55 Å². The molecule has 1 aromatic heterocycles. The highest BCUT2D eigenvalue weighted by Gasteiger charge is 2.08. The molecule has 1 aromatic rings. The third-order valence-electron chi connectivity index (χ3n) is 2.65. The second-order valence-corrected chi connectivity index (χ2v) is 3.93. The molecule has 0 aliphatic carbocycles. The van der Waals surface area contributed by atoms with Crippen LogP contribution < -0.4 is 5.73 Å². The molecule has 4 heteroatoms. The summed E-state index contributed by atoms with van der Waals surface area (Å²) in [5, 5.41) is 0. The minimum atomic E-state index is 0.188. The molecule has 0 aromatic carbocycles. The van der Waals surface area contributed by atoms with Gasteiger partial charge in [0.1, 0.15) is 5.82 Å². The van der Waals surface area contributed by atoms with Crippen molar-refractivity contribution < 1.29 is 4.74 Å². The second-order valence-electron chi connectivity index (χ2n) is 3.93. The average molecular weight is 225 g/mol. The standard InChI is InChI=1S/C12H23N3O/c1-3-15-8-7-14-12(15)10-11(13)6-5-9-16-4-2/h7-8,11H,3-6,9-10,13H2,1-2H3. The maximum atomic E-state index is 6.06. The zero-order chi connectivity index (χ0) is 11.8. The lowest BCUT2D eigenvalue weighted by molar-refractivity contribution is 0.142. The van der Waals surface area contributed by atoms with Crippen LogP contribution in [0.4, 0.5) is 0 Å². The molecule has 1 unspecified atom stereocenters. The van der Waals surface area contributed by atoms with E-state index in [1.165, 1.54) is 0 Å². The van der Waals surface area contributed by atoms with Gasteiger partial charge in [0, 0.05) is 44.6 Å². The summed E-state index contributed by atoms with van der Waals surface area (Å²) < 4.78 is 7.43. The molecule has 0 radical (unpaired) electrons. The molecule has 4 nitrogen and oxygen atoms in total. The summed E-state index contributed by atoms with van der Waals surface area (Å²) >= 11 is 0. The number of nitrogens with two attached hydrogens (primary N) is 1. The number of hydrogen-bond acceptors (Lipinski definition) is 3. The summed E-state index contributed by atoms with van der Waals surface area (Å²) in [7, 11) is 0. The lowest BCUT2D eigenvalue weighted by Gasteiger charge is -2.12. The van der Waals surface area contributed by atoms with E-state index in [1.807, 2.05) is 19.3 Å². The van der Waals surface area contributed by atoms with Crippen LogP contribution in [0.25, 0.3) is 0 Å². The fourth-order valence-electron chi connectivity index (χ4n) is 1.75. The molecule has 1 rings (SSSR count). The molecule has 0 amide bonds. The Bertz CT molecular complexity index is 286. The average Bonchev–Trinajstić information content (AvgIpc) is 2.71. The molecule has 2 N–H and O–H groups in total. The quantitative estimate of drug-likeness (QED) is 0.684. The largest absolute Gasteiger partial charge is 0.382 e. The van der Waals surface area contributed by atoms with Crippen molar-refractivity contribution in [3.63, 3.8) is 0 Å². The van der Waals surface area contributed by atoms with Crippen molar-refractivity contribution in [2.45, 2.75) is 45.7 Å². The molecule has 0 bridgehead atoms. The van der Waals surface area contributed by atoms with Crippen LogP contribution in [0.3, 0.4) is 0 Å². The van der Waals surface area contributed by atoms with Crippen LogP contribution in [0.2, 0.25) is 0 Å². The highest BCUT2D eigenvalue weighted by molar-refractivity contribution is 4.94. The number of ether oxygens (including phenoxy) is 1. The van der Waals surface area contributed by atoms with E-state index in [-0.39, 0.29) is 6.04 Å². The fraction of sp³-hybridized carbons (Fsp3) is 0.750. The summed E-state index contributed by atoms with van der Waals surface area (Å²) in [4.78, 5) is 4.32. The third kappa shape index (κ3) is 4.33. The number of aryl methyl sites for hydroxylation is 1. The minimum Gasteiger partial charge on any atom is -0.382 e. The molecule has 0 aliphatic heterocycles. The predicted octanol–water partition coefficient (Wildman–Crippen LogP) is 1.59. The number of rotatable bonds is 8. The zero-order valence-electron chi connectivity index (χ0n) is 10.4. The van der Waals surface area contributed by atoms with Gasteiger partial charge < -0.3 is 15.0 Å². The molecule has 1 atom stereocenters. The van der Waals surface area contributed by atoms with E-state index >= 15 is 0 Å². The van der Waals surface area contributed by atoms with Gasteiger partial charge in [0.25, 0.3) is 0 Å². The van der Waals surface area contributed by atoms with E-state index in [1.54, 1.807) is 0 Å². The van der Waals surface area contributed by atoms with Crippen molar-refractivity contribution >= 4 is 0 Å². The number of aromatic nitrogens is 2. The third-order valence-corrected chi connectivity index (χ3v) is 2.65. The Kier molecular flexibility index (Phi) is 6.11. The molecule has 92 valence electrons. The van der Waals surface area contributed by atoms with Crippen molar-refractivity contribution in [2.24, 2.45) is 5.73 Å². The monoisotopic (exact) mass is 225 g/mol. The van der Waals surface area contributed by atoms with Crippen LogP contribution in [0.15, 0.2) is 12.4 Å². The Labute approximate surface area is 97.8 Å². The fourth-order valence-corrected chi connectivity index (χ4v) is 1.75. The van der Waals surface area contributed by atoms with E-state index < -0.39 is 0 Å². The summed E-state index contributed by atoms with van der Waals surface area (Å²) in [5.41, 5.74) is 6.06. The lowest BCUT2D eigenvalue weighted by atomic mass is 10.1. The van der Waals surface area contributed by atoms with Gasteiger partial charge in [0.05, 0.1) is 0 Å². The minimum absolute atomic E-state index is 0.188. The first-order valence-corrected chi connectivity index (χ1v) is 6.11. The first kappa shape index (κ1) is 13.2. The van der Waals surface area contributed by atoms with Crippen molar-refractivity contribution in [3.05, 3.63) is 18.2 Å². The topological polar surface area (TPSA) is 53.1 Å². The van der Waals surface area contributed by atoms with Crippen LogP contribution in [-0.4, -0.2) is 28.8 Å². The highest BCUT2D eigenvalue weighted by atomic mass is 16.5. The number of nitrogens with zero attached hydrogens (tertiary/aromatic N) is 2. The zero-order valence-corrected chi connectivity index (χ0v) is 10.4. The van der Waals surface area contributed by atoms with Crippen LogP contribution in [0, 0.1) is 0 Å². The van der Waals surface area contributed by atoms with E-state index in [0.717, 1.165) is 44.8 Å². The Balaban J connectivity index is 2.25. The highest BCUT2D eigenvalue weighted by Crippen LogP contribution is 2.05. The SMILES string of the molecule is CCOCCCC(N)Cc1nccn1CC. The summed E-state index contributed by atoms with van der Waals surface area (Å²) in [6.07, 6.45) is 6.72. The van der Waals surface area contributed by atoms with Gasteiger partial charge in [-0.15, -0.1) is 0 Å². The first-order chi connectivity index (χ1) is 7.77. The van der Waals surface area contributed by atoms with E-state index in [2.05, 4.69) is 16.5 Å². The molecule has 0 spiro atoms. The van der Waals surface area contributed by atoms with Gasteiger partial charge in [-0.1, -0.05) is 0 Å². The van der Waals surface area contributed by atoms with E-state index in [4.69, 9.17) is 10.5 Å². The van der Waals surface area contributed by atoms with Crippen LogP contribution >= 0.6 is 0 Å². The summed E-state index contributed by atoms with van der Waals surface area (Å²) in [6.45, 7) is 6.69. The molecular formula is C12H23N3O. The molecule has 0 saturated heterocycles. The Morgan fingerprint density at radius 3 is 3.00 bits per heavy atom. The summed E-state index contributed by atoms with van der Waals surface area (Å²) in [5.74, 6) is 1.09. The van der Waals surface area contributed by atoms with Gasteiger partial charge in [-0.05, 0) is 26.7 Å². The predicted molar refractivity (Wildman–Crippen MR) is 65.3 cm³/mol. The van der Waals surface area contributed by atoms with Gasteiger partial charge in [0.2, 0.25) is 0 Å². The van der Waals surface area contributed by atoms with Crippen molar-refractivity contribution in [1.29, 1.82) is 0 Å². The number of imidazole rings is 1. The molecule has 1 heterocycles. The Hall–Kier alpha value is -0.870. The van der Waals surface area contributed by atoms with Crippen LogP contribution in [0.5, 0.6) is 0 Å². The van der Waals surface area contributed by atoms with Crippen LogP contribution in [0.1, 0.15) is 32.5 Å². The maximum absolute atomic E-state index is 6.06. The number of hydrogen-bond donors (Lipinski definition) is 1. The van der Waals surface area contributed by atoms with Gasteiger partial charge in [-0.2, -0.15) is 0 Å². The van der Waals surface area contributed by atoms with E-state index in [9.17, 15) is 0 Å². The molecule has 0 aliphatic rings. The second kappa shape index (κ2) is 7.41. The van der Waals surface area contributed by atoms with E-state index in [0.29, 0.717) is 0 Å². The first-order valence-electron chi connectivity index (χ1n) is 6.11. The smallest absolute Gasteiger partial charge is 0.110 e. The van der Waals surface area contributed by atoms with Gasteiger partial charge in [-0.3, -0.25) is 0 Å². The molecule has 0 saturated carbocycles. The van der Waals surface area contributed by atoms with Crippen LogP contribution in [-0.2, 0) is 17.7 Å². The molecule has 16 heavy (non-hydrogen) atoms.